The van der Waals surface area contributed by atoms with Gasteiger partial charge in [-0.2, -0.15) is 0 Å². The van der Waals surface area contributed by atoms with Crippen molar-refractivity contribution in [3.63, 3.8) is 0 Å². The van der Waals surface area contributed by atoms with Crippen LogP contribution in [0.15, 0.2) is 18.3 Å². The van der Waals surface area contributed by atoms with Gasteiger partial charge in [-0.05, 0) is 50.8 Å². The van der Waals surface area contributed by atoms with E-state index in [4.69, 9.17) is 0 Å². The van der Waals surface area contributed by atoms with Gasteiger partial charge in [0.15, 0.2) is 0 Å². The molecule has 0 bridgehead atoms. The zero-order chi connectivity index (χ0) is 14.7. The van der Waals surface area contributed by atoms with Gasteiger partial charge in [0.25, 0.3) is 0 Å². The van der Waals surface area contributed by atoms with E-state index >= 15 is 0 Å². The highest BCUT2D eigenvalue weighted by atomic mass is 16.2. The van der Waals surface area contributed by atoms with Gasteiger partial charge in [-0.1, -0.05) is 13.3 Å². The predicted molar refractivity (Wildman–Crippen MR) is 83.9 cm³/mol. The second-order valence-electron chi connectivity index (χ2n) is 6.59. The minimum atomic E-state index is -0.165. The lowest BCUT2D eigenvalue weighted by molar-refractivity contribution is -0.145. The molecule has 2 fully saturated rings. The first-order chi connectivity index (χ1) is 10.3. The Bertz CT molecular complexity index is 457. The molecule has 2 aliphatic rings. The lowest BCUT2D eigenvalue weighted by atomic mass is 9.75. The van der Waals surface area contributed by atoms with Gasteiger partial charge in [-0.15, -0.1) is 0 Å². The number of likely N-dealkylation sites (tertiary alicyclic amines) is 1. The molecule has 3 rings (SSSR count). The summed E-state index contributed by atoms with van der Waals surface area (Å²) in [5.74, 6) is 0.383. The maximum Gasteiger partial charge on any atom is 0.230 e. The third-order valence-electron chi connectivity index (χ3n) is 5.15. The smallest absolute Gasteiger partial charge is 0.230 e. The van der Waals surface area contributed by atoms with Crippen molar-refractivity contribution in [1.29, 1.82) is 0 Å². The quantitative estimate of drug-likeness (QED) is 0.895. The standard InChI is InChI=1S/C17H27N3O/c1-2-8-17(9-5-10-18-13-17)16(21)20-12-4-7-15(20)14-6-3-11-19-14/h3,6,11,15,18-19H,2,4-5,7-10,12-13H2,1H3. The molecular formula is C17H27N3O. The van der Waals surface area contributed by atoms with Gasteiger partial charge in [0, 0.05) is 25.0 Å². The van der Waals surface area contributed by atoms with E-state index in [9.17, 15) is 4.79 Å². The summed E-state index contributed by atoms with van der Waals surface area (Å²) in [7, 11) is 0. The number of piperidine rings is 1. The minimum Gasteiger partial charge on any atom is -0.363 e. The number of carbonyl (C=O) groups is 1. The molecule has 0 spiro atoms. The van der Waals surface area contributed by atoms with Crippen LogP contribution in [0.4, 0.5) is 0 Å². The SMILES string of the molecule is CCCC1(C(=O)N2CCCC2c2ccc[nH]2)CCCNC1. The molecule has 1 aromatic rings. The van der Waals surface area contributed by atoms with Crippen molar-refractivity contribution >= 4 is 5.91 Å². The van der Waals surface area contributed by atoms with Gasteiger partial charge in [0.05, 0.1) is 11.5 Å². The van der Waals surface area contributed by atoms with Crippen LogP contribution in [-0.2, 0) is 4.79 Å². The molecule has 0 aromatic carbocycles. The summed E-state index contributed by atoms with van der Waals surface area (Å²) in [6.45, 7) is 5.01. The van der Waals surface area contributed by atoms with Crippen molar-refractivity contribution in [3.8, 4) is 0 Å². The first-order valence-corrected chi connectivity index (χ1v) is 8.42. The van der Waals surface area contributed by atoms with Gasteiger partial charge in [-0.3, -0.25) is 4.79 Å². The molecule has 21 heavy (non-hydrogen) atoms. The molecular weight excluding hydrogens is 262 g/mol. The van der Waals surface area contributed by atoms with E-state index in [1.54, 1.807) is 0 Å². The molecule has 0 saturated carbocycles. The van der Waals surface area contributed by atoms with Crippen LogP contribution in [0.25, 0.3) is 0 Å². The van der Waals surface area contributed by atoms with E-state index in [-0.39, 0.29) is 11.5 Å². The van der Waals surface area contributed by atoms with E-state index in [0.29, 0.717) is 5.91 Å². The van der Waals surface area contributed by atoms with E-state index in [2.05, 4.69) is 28.2 Å². The van der Waals surface area contributed by atoms with E-state index in [1.165, 1.54) is 5.69 Å². The van der Waals surface area contributed by atoms with Gasteiger partial charge in [0.1, 0.15) is 0 Å². The molecule has 0 aliphatic carbocycles. The molecule has 3 heterocycles. The monoisotopic (exact) mass is 289 g/mol. The average molecular weight is 289 g/mol. The van der Waals surface area contributed by atoms with Crippen molar-refractivity contribution in [3.05, 3.63) is 24.0 Å². The molecule has 2 atom stereocenters. The highest BCUT2D eigenvalue weighted by Crippen LogP contribution is 2.39. The lowest BCUT2D eigenvalue weighted by Crippen LogP contribution is -2.51. The normalized spacial score (nSPS) is 29.8. The van der Waals surface area contributed by atoms with E-state index < -0.39 is 0 Å². The maximum absolute atomic E-state index is 13.3. The number of aromatic nitrogens is 1. The second-order valence-corrected chi connectivity index (χ2v) is 6.59. The average Bonchev–Trinajstić information content (AvgIpc) is 3.18. The van der Waals surface area contributed by atoms with Crippen LogP contribution < -0.4 is 5.32 Å². The zero-order valence-electron chi connectivity index (χ0n) is 13.0. The van der Waals surface area contributed by atoms with Gasteiger partial charge in [0.2, 0.25) is 5.91 Å². The van der Waals surface area contributed by atoms with Crippen LogP contribution in [0, 0.1) is 5.41 Å². The lowest BCUT2D eigenvalue weighted by Gasteiger charge is -2.40. The molecule has 2 saturated heterocycles. The summed E-state index contributed by atoms with van der Waals surface area (Å²) in [6, 6.07) is 4.39. The summed E-state index contributed by atoms with van der Waals surface area (Å²) in [4.78, 5) is 18.7. The van der Waals surface area contributed by atoms with E-state index in [0.717, 1.165) is 58.2 Å². The van der Waals surface area contributed by atoms with Crippen molar-refractivity contribution < 1.29 is 4.79 Å². The highest BCUT2D eigenvalue weighted by molar-refractivity contribution is 5.84. The highest BCUT2D eigenvalue weighted by Gasteiger charge is 2.44. The Morgan fingerprint density at radius 2 is 2.38 bits per heavy atom. The van der Waals surface area contributed by atoms with Crippen LogP contribution in [0.1, 0.15) is 57.2 Å². The topological polar surface area (TPSA) is 48.1 Å². The fourth-order valence-corrected chi connectivity index (χ4v) is 4.14. The van der Waals surface area contributed by atoms with Crippen LogP contribution in [-0.4, -0.2) is 35.4 Å². The maximum atomic E-state index is 13.3. The molecule has 1 aromatic heterocycles. The third kappa shape index (κ3) is 2.73. The zero-order valence-corrected chi connectivity index (χ0v) is 13.0. The van der Waals surface area contributed by atoms with Gasteiger partial charge in [-0.25, -0.2) is 0 Å². The molecule has 2 unspecified atom stereocenters. The number of nitrogens with one attached hydrogen (secondary N) is 2. The Morgan fingerprint density at radius 1 is 1.48 bits per heavy atom. The Kier molecular flexibility index (Phi) is 4.34. The van der Waals surface area contributed by atoms with Crippen LogP contribution in [0.5, 0.6) is 0 Å². The summed E-state index contributed by atoms with van der Waals surface area (Å²) < 4.78 is 0. The second kappa shape index (κ2) is 6.22. The molecule has 4 heteroatoms. The predicted octanol–water partition coefficient (Wildman–Crippen LogP) is 2.85. The fourth-order valence-electron chi connectivity index (χ4n) is 4.14. The molecule has 0 radical (unpaired) electrons. The summed E-state index contributed by atoms with van der Waals surface area (Å²) in [5.41, 5.74) is 1.03. The molecule has 4 nitrogen and oxygen atoms in total. The van der Waals surface area contributed by atoms with E-state index in [1.807, 2.05) is 12.3 Å². The first-order valence-electron chi connectivity index (χ1n) is 8.42. The summed E-state index contributed by atoms with van der Waals surface area (Å²) in [6.07, 6.45) is 8.40. The summed E-state index contributed by atoms with van der Waals surface area (Å²) >= 11 is 0. The number of H-pyrrole nitrogens is 1. The minimum absolute atomic E-state index is 0.165. The fraction of sp³-hybridized carbons (Fsp3) is 0.706. The number of hydrogen-bond donors (Lipinski definition) is 2. The Morgan fingerprint density at radius 3 is 3.05 bits per heavy atom. The van der Waals surface area contributed by atoms with Crippen molar-refractivity contribution in [1.82, 2.24) is 15.2 Å². The number of aromatic amines is 1. The Hall–Kier alpha value is -1.29. The molecule has 2 aliphatic heterocycles. The number of rotatable bonds is 4. The molecule has 1 amide bonds. The van der Waals surface area contributed by atoms with Crippen LogP contribution in [0.2, 0.25) is 0 Å². The van der Waals surface area contributed by atoms with Crippen LogP contribution in [0.3, 0.4) is 0 Å². The Balaban J connectivity index is 1.81. The molecule has 116 valence electrons. The summed E-state index contributed by atoms with van der Waals surface area (Å²) in [5, 5.41) is 3.46. The number of carbonyl (C=O) groups excluding carboxylic acids is 1. The first kappa shape index (κ1) is 14.6. The number of hydrogen-bond acceptors (Lipinski definition) is 2. The van der Waals surface area contributed by atoms with Crippen molar-refractivity contribution in [2.24, 2.45) is 5.41 Å². The Labute approximate surface area is 127 Å². The van der Waals surface area contributed by atoms with Crippen molar-refractivity contribution in [2.45, 2.75) is 51.5 Å². The van der Waals surface area contributed by atoms with Crippen molar-refractivity contribution in [2.75, 3.05) is 19.6 Å². The number of amides is 1. The third-order valence-corrected chi connectivity index (χ3v) is 5.15. The van der Waals surface area contributed by atoms with Crippen LogP contribution >= 0.6 is 0 Å². The number of nitrogens with zero attached hydrogens (tertiary/aromatic N) is 1. The van der Waals surface area contributed by atoms with Gasteiger partial charge < -0.3 is 15.2 Å². The molecule has 2 N–H and O–H groups in total. The largest absolute Gasteiger partial charge is 0.363 e. The van der Waals surface area contributed by atoms with Gasteiger partial charge >= 0.3 is 0 Å².